The molecule has 1 N–H and O–H groups in total. The summed E-state index contributed by atoms with van der Waals surface area (Å²) in [7, 11) is -3.54. The normalized spacial score (nSPS) is 24.3. The van der Waals surface area contributed by atoms with E-state index in [1.807, 2.05) is 12.2 Å². The van der Waals surface area contributed by atoms with Crippen molar-refractivity contribution in [3.8, 4) is 0 Å². The molecule has 2 heterocycles. The Bertz CT molecular complexity index is 985. The summed E-state index contributed by atoms with van der Waals surface area (Å²) in [5.41, 5.74) is 0.474. The molecule has 1 aromatic carbocycles. The summed E-state index contributed by atoms with van der Waals surface area (Å²) in [4.78, 5) is 38.7. The molecule has 8 nitrogen and oxygen atoms in total. The Morgan fingerprint density at radius 2 is 1.47 bits per heavy atom. The van der Waals surface area contributed by atoms with Crippen LogP contribution < -0.4 is 5.32 Å². The summed E-state index contributed by atoms with van der Waals surface area (Å²) in [6, 6.07) is 6.13. The minimum absolute atomic E-state index is 0.00181. The molecule has 32 heavy (non-hydrogen) atoms. The van der Waals surface area contributed by atoms with Gasteiger partial charge in [-0.3, -0.25) is 19.3 Å². The van der Waals surface area contributed by atoms with Gasteiger partial charge in [0.1, 0.15) is 0 Å². The molecule has 172 valence electrons. The second kappa shape index (κ2) is 9.54. The molecule has 0 radical (unpaired) electrons. The van der Waals surface area contributed by atoms with Crippen LogP contribution in [0.4, 0.5) is 5.69 Å². The fraction of sp³-hybridized carbons (Fsp3) is 0.522. The van der Waals surface area contributed by atoms with Gasteiger partial charge in [0.2, 0.25) is 27.7 Å². The summed E-state index contributed by atoms with van der Waals surface area (Å²) >= 11 is 0. The van der Waals surface area contributed by atoms with Gasteiger partial charge in [-0.05, 0) is 49.9 Å². The number of imide groups is 1. The van der Waals surface area contributed by atoms with Crippen LogP contribution in [0.15, 0.2) is 41.3 Å². The van der Waals surface area contributed by atoms with Gasteiger partial charge in [0, 0.05) is 31.7 Å². The summed E-state index contributed by atoms with van der Waals surface area (Å²) < 4.78 is 27.2. The zero-order valence-electron chi connectivity index (χ0n) is 18.0. The number of hydrogen-bond acceptors (Lipinski definition) is 5. The SMILES string of the molecule is O=C(CCN1C(=O)[C@@H]2CC=CC[C@H]2C1=O)Nc1ccc(S(=O)(=O)N2CCCCCC2)cc1. The first-order chi connectivity index (χ1) is 15.4. The first-order valence-corrected chi connectivity index (χ1v) is 12.7. The van der Waals surface area contributed by atoms with E-state index >= 15 is 0 Å². The highest BCUT2D eigenvalue weighted by Gasteiger charge is 2.46. The fourth-order valence-electron chi connectivity index (χ4n) is 4.67. The van der Waals surface area contributed by atoms with Crippen molar-refractivity contribution in [1.29, 1.82) is 0 Å². The highest BCUT2D eigenvalue weighted by atomic mass is 32.2. The topological polar surface area (TPSA) is 104 Å². The van der Waals surface area contributed by atoms with Gasteiger partial charge in [0.25, 0.3) is 0 Å². The van der Waals surface area contributed by atoms with Crippen LogP contribution in [0, 0.1) is 11.8 Å². The van der Waals surface area contributed by atoms with E-state index in [0.717, 1.165) is 25.7 Å². The Labute approximate surface area is 188 Å². The second-order valence-corrected chi connectivity index (χ2v) is 10.6. The van der Waals surface area contributed by atoms with Crippen LogP contribution in [0.5, 0.6) is 0 Å². The lowest BCUT2D eigenvalue weighted by molar-refractivity contribution is -0.140. The Morgan fingerprint density at radius 1 is 0.906 bits per heavy atom. The quantitative estimate of drug-likeness (QED) is 0.520. The number of sulfonamides is 1. The predicted molar refractivity (Wildman–Crippen MR) is 119 cm³/mol. The number of likely N-dealkylation sites (tertiary alicyclic amines) is 1. The molecular formula is C23H29N3O5S. The maximum atomic E-state index is 12.9. The van der Waals surface area contributed by atoms with E-state index in [9.17, 15) is 22.8 Å². The van der Waals surface area contributed by atoms with E-state index in [4.69, 9.17) is 0 Å². The van der Waals surface area contributed by atoms with Gasteiger partial charge in [-0.1, -0.05) is 25.0 Å². The molecule has 3 amide bonds. The summed E-state index contributed by atoms with van der Waals surface area (Å²) in [5.74, 6) is -1.31. The third kappa shape index (κ3) is 4.63. The van der Waals surface area contributed by atoms with E-state index in [0.29, 0.717) is 31.6 Å². The third-order valence-electron chi connectivity index (χ3n) is 6.50. The molecule has 0 saturated carbocycles. The number of allylic oxidation sites excluding steroid dienone is 2. The smallest absolute Gasteiger partial charge is 0.243 e. The first-order valence-electron chi connectivity index (χ1n) is 11.3. The molecule has 1 aliphatic carbocycles. The van der Waals surface area contributed by atoms with Crippen molar-refractivity contribution in [1.82, 2.24) is 9.21 Å². The minimum atomic E-state index is -3.54. The molecule has 0 unspecified atom stereocenters. The van der Waals surface area contributed by atoms with Crippen molar-refractivity contribution in [3.63, 3.8) is 0 Å². The number of benzene rings is 1. The van der Waals surface area contributed by atoms with Crippen LogP contribution in [-0.4, -0.2) is 55.0 Å². The molecule has 3 aliphatic rings. The van der Waals surface area contributed by atoms with Crippen LogP contribution in [0.1, 0.15) is 44.9 Å². The van der Waals surface area contributed by atoms with Crippen LogP contribution in [-0.2, 0) is 24.4 Å². The maximum absolute atomic E-state index is 12.9. The van der Waals surface area contributed by atoms with Gasteiger partial charge < -0.3 is 5.32 Å². The summed E-state index contributed by atoms with van der Waals surface area (Å²) in [5, 5.41) is 2.72. The van der Waals surface area contributed by atoms with Gasteiger partial charge in [0.05, 0.1) is 16.7 Å². The van der Waals surface area contributed by atoms with Crippen LogP contribution in [0.2, 0.25) is 0 Å². The summed E-state index contributed by atoms with van der Waals surface area (Å²) in [6.45, 7) is 1.12. The van der Waals surface area contributed by atoms with E-state index in [1.54, 1.807) is 12.1 Å². The lowest BCUT2D eigenvalue weighted by atomic mass is 9.85. The van der Waals surface area contributed by atoms with Gasteiger partial charge in [0.15, 0.2) is 0 Å². The van der Waals surface area contributed by atoms with Crippen molar-refractivity contribution >= 4 is 33.4 Å². The molecule has 2 atom stereocenters. The first kappa shape index (κ1) is 22.7. The lowest BCUT2D eigenvalue weighted by Gasteiger charge is -2.20. The Morgan fingerprint density at radius 3 is 2.03 bits per heavy atom. The average Bonchev–Trinajstić information content (AvgIpc) is 2.98. The number of carbonyl (C=O) groups is 3. The minimum Gasteiger partial charge on any atom is -0.326 e. The highest BCUT2D eigenvalue weighted by Crippen LogP contribution is 2.35. The van der Waals surface area contributed by atoms with Crippen LogP contribution in [0.25, 0.3) is 0 Å². The molecule has 4 rings (SSSR count). The zero-order valence-corrected chi connectivity index (χ0v) is 18.9. The van der Waals surface area contributed by atoms with Gasteiger partial charge in [-0.15, -0.1) is 0 Å². The number of rotatable bonds is 6. The van der Waals surface area contributed by atoms with Crippen LogP contribution >= 0.6 is 0 Å². The standard InChI is InChI=1S/C23H29N3O5S/c27-21(13-16-26-22(28)19-7-3-4-8-20(19)23(26)29)24-17-9-11-18(12-10-17)32(30,31)25-14-5-1-2-6-15-25/h3-4,9-12,19-20H,1-2,5-8,13-16H2,(H,24,27)/t19-,20-/m1/s1. The molecule has 2 fully saturated rings. The van der Waals surface area contributed by atoms with Crippen molar-refractivity contribution in [2.24, 2.45) is 11.8 Å². The van der Waals surface area contributed by atoms with E-state index in [-0.39, 0.29) is 47.4 Å². The summed E-state index contributed by atoms with van der Waals surface area (Å²) in [6.07, 6.45) is 8.83. The molecule has 2 aliphatic heterocycles. The number of carbonyl (C=O) groups excluding carboxylic acids is 3. The van der Waals surface area contributed by atoms with E-state index < -0.39 is 10.0 Å². The van der Waals surface area contributed by atoms with Gasteiger partial charge >= 0.3 is 0 Å². The van der Waals surface area contributed by atoms with Crippen LogP contribution in [0.3, 0.4) is 0 Å². The number of amides is 3. The van der Waals surface area contributed by atoms with E-state index in [2.05, 4.69) is 5.32 Å². The molecule has 2 saturated heterocycles. The fourth-order valence-corrected chi connectivity index (χ4v) is 6.18. The molecule has 0 aromatic heterocycles. The van der Waals surface area contributed by atoms with Crippen molar-refractivity contribution in [3.05, 3.63) is 36.4 Å². The molecule has 0 spiro atoms. The van der Waals surface area contributed by atoms with Gasteiger partial charge in [-0.25, -0.2) is 8.42 Å². The monoisotopic (exact) mass is 459 g/mol. The van der Waals surface area contributed by atoms with Crippen molar-refractivity contribution < 1.29 is 22.8 Å². The highest BCUT2D eigenvalue weighted by molar-refractivity contribution is 7.89. The molecule has 1 aromatic rings. The Kier molecular flexibility index (Phi) is 6.76. The number of hydrogen-bond donors (Lipinski definition) is 1. The average molecular weight is 460 g/mol. The second-order valence-electron chi connectivity index (χ2n) is 8.62. The maximum Gasteiger partial charge on any atom is 0.243 e. The van der Waals surface area contributed by atoms with Gasteiger partial charge in [-0.2, -0.15) is 4.31 Å². The van der Waals surface area contributed by atoms with Crippen molar-refractivity contribution in [2.75, 3.05) is 25.0 Å². The number of fused-ring (bicyclic) bond motifs is 1. The lowest BCUT2D eigenvalue weighted by Crippen LogP contribution is -2.34. The predicted octanol–water partition coefficient (Wildman–Crippen LogP) is 2.53. The largest absolute Gasteiger partial charge is 0.326 e. The zero-order chi connectivity index (χ0) is 22.7. The van der Waals surface area contributed by atoms with Crippen molar-refractivity contribution in [2.45, 2.75) is 49.8 Å². The number of anilines is 1. The Hall–Kier alpha value is -2.52. The third-order valence-corrected chi connectivity index (χ3v) is 8.42. The molecule has 9 heteroatoms. The Balaban J connectivity index is 1.32. The van der Waals surface area contributed by atoms with E-state index in [1.165, 1.54) is 21.3 Å². The molecular weight excluding hydrogens is 430 g/mol. The number of nitrogens with zero attached hydrogens (tertiary/aromatic N) is 2. The molecule has 0 bridgehead atoms. The number of nitrogens with one attached hydrogen (secondary N) is 1.